The topological polar surface area (TPSA) is 76.7 Å². The van der Waals surface area contributed by atoms with Crippen LogP contribution in [0, 0.1) is 0 Å². The zero-order chi connectivity index (χ0) is 19.4. The maximum Gasteiger partial charge on any atom is 0.419 e. The standard InChI is InChI=1S/C20H29N3O4/c1-4-17(26-15-7-5-6-8-15)19(24)21-14-9-10-18-16(13-14)23(20(25)27-18)12-11-22(2)3/h9-10,13,15,17H,4-8,11-12H2,1-3H3,(H,21,24). The molecule has 0 bridgehead atoms. The van der Waals surface area contributed by atoms with Crippen molar-refractivity contribution in [3.63, 3.8) is 0 Å². The van der Waals surface area contributed by atoms with E-state index in [2.05, 4.69) is 5.32 Å². The minimum Gasteiger partial charge on any atom is -0.408 e. The van der Waals surface area contributed by atoms with E-state index in [0.29, 0.717) is 29.8 Å². The lowest BCUT2D eigenvalue weighted by Gasteiger charge is -2.20. The number of rotatable bonds is 8. The fraction of sp³-hybridized carbons (Fsp3) is 0.600. The summed E-state index contributed by atoms with van der Waals surface area (Å²) in [6, 6.07) is 5.26. The van der Waals surface area contributed by atoms with Gasteiger partial charge in [-0.05, 0) is 51.6 Å². The second-order valence-electron chi connectivity index (χ2n) is 7.43. The van der Waals surface area contributed by atoms with E-state index in [1.165, 1.54) is 12.8 Å². The summed E-state index contributed by atoms with van der Waals surface area (Å²) in [4.78, 5) is 26.7. The highest BCUT2D eigenvalue weighted by molar-refractivity contribution is 5.95. The quantitative estimate of drug-likeness (QED) is 0.768. The van der Waals surface area contributed by atoms with Crippen LogP contribution in [0.15, 0.2) is 27.4 Å². The van der Waals surface area contributed by atoms with Crippen molar-refractivity contribution in [1.82, 2.24) is 9.47 Å². The average Bonchev–Trinajstić information content (AvgIpc) is 3.24. The molecule has 1 aromatic heterocycles. The predicted molar refractivity (Wildman–Crippen MR) is 105 cm³/mol. The molecule has 1 aliphatic carbocycles. The number of carbonyl (C=O) groups is 1. The van der Waals surface area contributed by atoms with Crippen LogP contribution >= 0.6 is 0 Å². The van der Waals surface area contributed by atoms with E-state index in [1.54, 1.807) is 22.8 Å². The van der Waals surface area contributed by atoms with Crippen LogP contribution in [0.5, 0.6) is 0 Å². The highest BCUT2D eigenvalue weighted by Gasteiger charge is 2.24. The minimum absolute atomic E-state index is 0.144. The van der Waals surface area contributed by atoms with Gasteiger partial charge in [-0.25, -0.2) is 4.79 Å². The number of likely N-dealkylation sites (N-methyl/N-ethyl adjacent to an activating group) is 1. The highest BCUT2D eigenvalue weighted by atomic mass is 16.5. The minimum atomic E-state index is -0.455. The molecule has 0 saturated heterocycles. The van der Waals surface area contributed by atoms with Crippen LogP contribution in [0.4, 0.5) is 5.69 Å². The highest BCUT2D eigenvalue weighted by Crippen LogP contribution is 2.24. The lowest BCUT2D eigenvalue weighted by molar-refractivity contribution is -0.131. The summed E-state index contributed by atoms with van der Waals surface area (Å²) in [5.41, 5.74) is 1.84. The number of oxazole rings is 1. The molecule has 1 N–H and O–H groups in total. The van der Waals surface area contributed by atoms with Gasteiger partial charge in [0.25, 0.3) is 5.91 Å². The number of carbonyl (C=O) groups excluding carboxylic acids is 1. The summed E-state index contributed by atoms with van der Waals surface area (Å²) in [5, 5.41) is 2.93. The Hall–Kier alpha value is -2.12. The van der Waals surface area contributed by atoms with Crippen molar-refractivity contribution in [2.24, 2.45) is 0 Å². The lowest BCUT2D eigenvalue weighted by atomic mass is 10.2. The first-order valence-electron chi connectivity index (χ1n) is 9.72. The number of hydrogen-bond acceptors (Lipinski definition) is 5. The first kappa shape index (κ1) is 19.6. The SMILES string of the molecule is CCC(OC1CCCC1)C(=O)Nc1ccc2oc(=O)n(CCN(C)C)c2c1. The maximum atomic E-state index is 12.6. The molecule has 2 aromatic rings. The second kappa shape index (κ2) is 8.71. The number of aromatic nitrogens is 1. The third-order valence-electron chi connectivity index (χ3n) is 5.03. The molecule has 7 nitrogen and oxygen atoms in total. The summed E-state index contributed by atoms with van der Waals surface area (Å²) in [7, 11) is 3.91. The normalized spacial score (nSPS) is 16.3. The van der Waals surface area contributed by atoms with Gasteiger partial charge in [0.15, 0.2) is 5.58 Å². The van der Waals surface area contributed by atoms with Crippen molar-refractivity contribution in [3.8, 4) is 0 Å². The van der Waals surface area contributed by atoms with Crippen LogP contribution in [0.1, 0.15) is 39.0 Å². The second-order valence-corrected chi connectivity index (χ2v) is 7.43. The van der Waals surface area contributed by atoms with E-state index in [9.17, 15) is 9.59 Å². The number of nitrogens with one attached hydrogen (secondary N) is 1. The Morgan fingerprint density at radius 1 is 1.37 bits per heavy atom. The summed E-state index contributed by atoms with van der Waals surface area (Å²) < 4.78 is 12.9. The molecule has 1 fully saturated rings. The van der Waals surface area contributed by atoms with E-state index >= 15 is 0 Å². The van der Waals surface area contributed by atoms with Crippen molar-refractivity contribution >= 4 is 22.7 Å². The van der Waals surface area contributed by atoms with Gasteiger partial charge in [0.1, 0.15) is 6.10 Å². The summed E-state index contributed by atoms with van der Waals surface area (Å²) in [6.45, 7) is 3.20. The Labute approximate surface area is 159 Å². The third kappa shape index (κ3) is 4.78. The first-order valence-corrected chi connectivity index (χ1v) is 9.72. The zero-order valence-corrected chi connectivity index (χ0v) is 16.4. The Morgan fingerprint density at radius 2 is 2.11 bits per heavy atom. The molecule has 0 aliphatic heterocycles. The molecule has 0 spiro atoms. The van der Waals surface area contributed by atoms with E-state index < -0.39 is 6.10 Å². The number of hydrogen-bond donors (Lipinski definition) is 1. The Balaban J connectivity index is 1.74. The van der Waals surface area contributed by atoms with Gasteiger partial charge in [-0.1, -0.05) is 19.8 Å². The van der Waals surface area contributed by atoms with Crippen LogP contribution < -0.4 is 11.1 Å². The summed E-state index contributed by atoms with van der Waals surface area (Å²) in [5.74, 6) is -0.527. The van der Waals surface area contributed by atoms with Crippen LogP contribution in [-0.4, -0.2) is 48.2 Å². The van der Waals surface area contributed by atoms with Crippen molar-refractivity contribution in [2.75, 3.05) is 26.0 Å². The number of fused-ring (bicyclic) bond motifs is 1. The van der Waals surface area contributed by atoms with Crippen molar-refractivity contribution < 1.29 is 13.9 Å². The lowest BCUT2D eigenvalue weighted by Crippen LogP contribution is -2.32. The molecule has 3 rings (SSSR count). The van der Waals surface area contributed by atoms with E-state index in [4.69, 9.17) is 9.15 Å². The predicted octanol–water partition coefficient (Wildman–Crippen LogP) is 2.83. The van der Waals surface area contributed by atoms with Crippen LogP contribution in [0.3, 0.4) is 0 Å². The van der Waals surface area contributed by atoms with Gasteiger partial charge in [-0.3, -0.25) is 9.36 Å². The average molecular weight is 375 g/mol. The molecule has 1 atom stereocenters. The molecular weight excluding hydrogens is 346 g/mol. The molecule has 27 heavy (non-hydrogen) atoms. The molecule has 148 valence electrons. The Morgan fingerprint density at radius 3 is 2.78 bits per heavy atom. The molecule has 1 aromatic carbocycles. The number of nitrogens with zero attached hydrogens (tertiary/aromatic N) is 2. The van der Waals surface area contributed by atoms with Gasteiger partial charge in [0.05, 0.1) is 11.6 Å². The van der Waals surface area contributed by atoms with Crippen molar-refractivity contribution in [2.45, 2.75) is 57.8 Å². The largest absolute Gasteiger partial charge is 0.419 e. The fourth-order valence-electron chi connectivity index (χ4n) is 3.47. The van der Waals surface area contributed by atoms with E-state index in [0.717, 1.165) is 19.4 Å². The van der Waals surface area contributed by atoms with Crippen molar-refractivity contribution in [3.05, 3.63) is 28.7 Å². The fourth-order valence-corrected chi connectivity index (χ4v) is 3.47. The maximum absolute atomic E-state index is 12.6. The summed E-state index contributed by atoms with van der Waals surface area (Å²) in [6.07, 6.45) is 4.77. The first-order chi connectivity index (χ1) is 13.0. The van der Waals surface area contributed by atoms with Gasteiger partial charge >= 0.3 is 5.76 Å². The van der Waals surface area contributed by atoms with Crippen LogP contribution in [0.25, 0.3) is 11.1 Å². The van der Waals surface area contributed by atoms with Gasteiger partial charge in [-0.2, -0.15) is 0 Å². The molecule has 1 heterocycles. The Kier molecular flexibility index (Phi) is 6.34. The molecule has 1 amide bonds. The van der Waals surface area contributed by atoms with Gasteiger partial charge < -0.3 is 19.4 Å². The van der Waals surface area contributed by atoms with E-state index in [-0.39, 0.29) is 17.8 Å². The molecular formula is C20H29N3O4. The Bertz CT molecular complexity index is 833. The van der Waals surface area contributed by atoms with E-state index in [1.807, 2.05) is 25.9 Å². The third-order valence-corrected chi connectivity index (χ3v) is 5.03. The van der Waals surface area contributed by atoms with Crippen LogP contribution in [-0.2, 0) is 16.1 Å². The number of benzene rings is 1. The number of amides is 1. The molecule has 1 aliphatic rings. The van der Waals surface area contributed by atoms with Crippen molar-refractivity contribution in [1.29, 1.82) is 0 Å². The number of anilines is 1. The monoisotopic (exact) mass is 375 g/mol. The molecule has 0 radical (unpaired) electrons. The van der Waals surface area contributed by atoms with Gasteiger partial charge in [-0.15, -0.1) is 0 Å². The zero-order valence-electron chi connectivity index (χ0n) is 16.4. The molecule has 7 heteroatoms. The van der Waals surface area contributed by atoms with Gasteiger partial charge in [0, 0.05) is 18.8 Å². The number of ether oxygens (including phenoxy) is 1. The van der Waals surface area contributed by atoms with Gasteiger partial charge in [0.2, 0.25) is 0 Å². The molecule has 1 saturated carbocycles. The smallest absolute Gasteiger partial charge is 0.408 e. The molecule has 1 unspecified atom stereocenters. The summed E-state index contributed by atoms with van der Waals surface area (Å²) >= 11 is 0. The van der Waals surface area contributed by atoms with Crippen LogP contribution in [0.2, 0.25) is 0 Å².